The van der Waals surface area contributed by atoms with Crippen LogP contribution in [-0.4, -0.2) is 27.0 Å². The lowest BCUT2D eigenvalue weighted by Gasteiger charge is -2.36. The molecule has 3 nitrogen and oxygen atoms in total. The topological polar surface area (TPSA) is 35.5 Å². The van der Waals surface area contributed by atoms with Crippen molar-refractivity contribution >= 4 is 14.3 Å². The Kier molecular flexibility index (Phi) is 5.80. The second-order valence-corrected chi connectivity index (χ2v) is 11.6. The Morgan fingerprint density at radius 1 is 1.37 bits per heavy atom. The van der Waals surface area contributed by atoms with Gasteiger partial charge in [-0.2, -0.15) is 0 Å². The lowest BCUT2D eigenvalue weighted by atomic mass is 10.1. The van der Waals surface area contributed by atoms with Crippen LogP contribution in [0.25, 0.3) is 0 Å². The summed E-state index contributed by atoms with van der Waals surface area (Å²) in [5.41, 5.74) is 0. The van der Waals surface area contributed by atoms with E-state index in [1.807, 2.05) is 6.08 Å². The first-order chi connectivity index (χ1) is 8.72. The number of carbonyl (C=O) groups excluding carboxylic acids is 1. The van der Waals surface area contributed by atoms with Crippen LogP contribution in [0.2, 0.25) is 18.1 Å². The molecular formula is C15H28O3Si. The molecule has 0 aromatic carbocycles. The summed E-state index contributed by atoms with van der Waals surface area (Å²) in [5.74, 6) is -0.200. The normalized spacial score (nSPS) is 20.5. The zero-order valence-corrected chi connectivity index (χ0v) is 14.0. The van der Waals surface area contributed by atoms with Crippen molar-refractivity contribution in [1.82, 2.24) is 0 Å². The van der Waals surface area contributed by atoms with Gasteiger partial charge in [-0.1, -0.05) is 26.8 Å². The van der Waals surface area contributed by atoms with Crippen LogP contribution in [-0.2, 0) is 14.0 Å². The fraction of sp³-hybridized carbons (Fsp3) is 0.800. The van der Waals surface area contributed by atoms with E-state index in [4.69, 9.17) is 9.16 Å². The van der Waals surface area contributed by atoms with Gasteiger partial charge in [0.15, 0.2) is 8.32 Å². The Morgan fingerprint density at radius 2 is 2.05 bits per heavy atom. The van der Waals surface area contributed by atoms with Gasteiger partial charge < -0.3 is 9.16 Å². The summed E-state index contributed by atoms with van der Waals surface area (Å²) in [7, 11) is -1.60. The van der Waals surface area contributed by atoms with Crippen molar-refractivity contribution in [1.29, 1.82) is 0 Å². The number of ether oxygens (including phenoxy) is 1. The van der Waals surface area contributed by atoms with Crippen molar-refractivity contribution in [3.05, 3.63) is 12.2 Å². The summed E-state index contributed by atoms with van der Waals surface area (Å²) in [6.07, 6.45) is 7.39. The summed E-state index contributed by atoms with van der Waals surface area (Å²) >= 11 is 0. The average Bonchev–Trinajstić information content (AvgIpc) is 2.27. The number of hydrogen-bond donors (Lipinski definition) is 0. The van der Waals surface area contributed by atoms with E-state index in [0.29, 0.717) is 0 Å². The Bertz CT molecular complexity index is 329. The van der Waals surface area contributed by atoms with Crippen molar-refractivity contribution < 1.29 is 14.0 Å². The Balaban J connectivity index is 2.15. The minimum atomic E-state index is -1.60. The lowest BCUT2D eigenvalue weighted by Crippen LogP contribution is -2.40. The molecule has 110 valence electrons. The standard InChI is InChI=1S/C15H28O3Si/c1-15(2,3)19(4,5)17-12-7-6-9-13-10-8-11-14(16)18-13/h8,11,13H,6-7,9-10,12H2,1-5H3/t13-/m0/s1. The minimum Gasteiger partial charge on any atom is -0.459 e. The van der Waals surface area contributed by atoms with Crippen LogP contribution in [0, 0.1) is 0 Å². The zero-order valence-electron chi connectivity index (χ0n) is 13.0. The third kappa shape index (κ3) is 5.49. The van der Waals surface area contributed by atoms with Crippen molar-refractivity contribution in [3.8, 4) is 0 Å². The van der Waals surface area contributed by atoms with Crippen LogP contribution >= 0.6 is 0 Å². The van der Waals surface area contributed by atoms with E-state index in [1.54, 1.807) is 0 Å². The van der Waals surface area contributed by atoms with Crippen LogP contribution < -0.4 is 0 Å². The first-order valence-corrected chi connectivity index (χ1v) is 10.1. The summed E-state index contributed by atoms with van der Waals surface area (Å²) in [6.45, 7) is 12.2. The highest BCUT2D eigenvalue weighted by Gasteiger charge is 2.36. The van der Waals surface area contributed by atoms with Gasteiger partial charge in [0.25, 0.3) is 0 Å². The molecule has 0 amide bonds. The van der Waals surface area contributed by atoms with Crippen molar-refractivity contribution in [2.45, 2.75) is 70.7 Å². The molecule has 1 atom stereocenters. The molecule has 0 saturated heterocycles. The SMILES string of the molecule is CC(C)(C)[Si](C)(C)OCCCC[C@H]1CC=CC(=O)O1. The molecule has 0 N–H and O–H groups in total. The van der Waals surface area contributed by atoms with Gasteiger partial charge in [-0.3, -0.25) is 0 Å². The molecule has 0 fully saturated rings. The molecule has 0 radical (unpaired) electrons. The van der Waals surface area contributed by atoms with Gasteiger partial charge in [-0.15, -0.1) is 0 Å². The highest BCUT2D eigenvalue weighted by Crippen LogP contribution is 2.36. The number of carbonyl (C=O) groups is 1. The molecule has 1 aliphatic heterocycles. The van der Waals surface area contributed by atoms with Gasteiger partial charge >= 0.3 is 5.97 Å². The maximum absolute atomic E-state index is 11.1. The predicted octanol–water partition coefficient (Wildman–Crippen LogP) is 4.05. The summed E-state index contributed by atoms with van der Waals surface area (Å²) in [6, 6.07) is 0. The lowest BCUT2D eigenvalue weighted by molar-refractivity contribution is -0.144. The molecule has 1 heterocycles. The first-order valence-electron chi connectivity index (χ1n) is 7.23. The van der Waals surface area contributed by atoms with E-state index in [-0.39, 0.29) is 17.1 Å². The van der Waals surface area contributed by atoms with E-state index in [2.05, 4.69) is 33.9 Å². The van der Waals surface area contributed by atoms with Crippen molar-refractivity contribution in [3.63, 3.8) is 0 Å². The molecule has 4 heteroatoms. The molecule has 0 bridgehead atoms. The van der Waals surface area contributed by atoms with Gasteiger partial charge in [0, 0.05) is 19.1 Å². The van der Waals surface area contributed by atoms with Crippen LogP contribution in [0.15, 0.2) is 12.2 Å². The largest absolute Gasteiger partial charge is 0.459 e. The molecule has 0 spiro atoms. The molecular weight excluding hydrogens is 256 g/mol. The molecule has 0 aromatic rings. The summed E-state index contributed by atoms with van der Waals surface area (Å²) in [4.78, 5) is 11.1. The molecule has 1 aliphatic rings. The van der Waals surface area contributed by atoms with E-state index in [9.17, 15) is 4.79 Å². The summed E-state index contributed by atoms with van der Waals surface area (Å²) < 4.78 is 11.4. The molecule has 0 unspecified atom stereocenters. The van der Waals surface area contributed by atoms with Gasteiger partial charge in [0.2, 0.25) is 0 Å². The van der Waals surface area contributed by atoms with Crippen LogP contribution in [0.3, 0.4) is 0 Å². The highest BCUT2D eigenvalue weighted by atomic mass is 28.4. The molecule has 0 saturated carbocycles. The maximum Gasteiger partial charge on any atom is 0.330 e. The van der Waals surface area contributed by atoms with E-state index in [0.717, 1.165) is 32.3 Å². The quantitative estimate of drug-likeness (QED) is 0.419. The number of esters is 1. The van der Waals surface area contributed by atoms with Gasteiger partial charge in [-0.05, 0) is 37.4 Å². The Labute approximate surface area is 118 Å². The van der Waals surface area contributed by atoms with Crippen molar-refractivity contribution in [2.75, 3.05) is 6.61 Å². The van der Waals surface area contributed by atoms with Crippen LogP contribution in [0.4, 0.5) is 0 Å². The van der Waals surface area contributed by atoms with Gasteiger partial charge in [0.1, 0.15) is 6.10 Å². The van der Waals surface area contributed by atoms with Crippen LogP contribution in [0.1, 0.15) is 46.5 Å². The van der Waals surface area contributed by atoms with Crippen LogP contribution in [0.5, 0.6) is 0 Å². The number of hydrogen-bond acceptors (Lipinski definition) is 3. The molecule has 0 aromatic heterocycles. The molecule has 19 heavy (non-hydrogen) atoms. The maximum atomic E-state index is 11.1. The fourth-order valence-electron chi connectivity index (χ4n) is 1.76. The third-order valence-electron chi connectivity index (χ3n) is 4.13. The monoisotopic (exact) mass is 284 g/mol. The number of cyclic esters (lactones) is 1. The van der Waals surface area contributed by atoms with Gasteiger partial charge in [0.05, 0.1) is 0 Å². The minimum absolute atomic E-state index is 0.0744. The summed E-state index contributed by atoms with van der Waals surface area (Å²) in [5, 5.41) is 0.274. The molecule has 1 rings (SSSR count). The Hall–Kier alpha value is -0.613. The number of unbranched alkanes of at least 4 members (excludes halogenated alkanes) is 1. The average molecular weight is 284 g/mol. The third-order valence-corrected chi connectivity index (χ3v) is 8.66. The smallest absolute Gasteiger partial charge is 0.330 e. The van der Waals surface area contributed by atoms with E-state index >= 15 is 0 Å². The van der Waals surface area contributed by atoms with E-state index in [1.165, 1.54) is 6.08 Å². The predicted molar refractivity (Wildman–Crippen MR) is 80.6 cm³/mol. The fourth-order valence-corrected chi connectivity index (χ4v) is 2.85. The second kappa shape index (κ2) is 6.71. The van der Waals surface area contributed by atoms with Crippen molar-refractivity contribution in [2.24, 2.45) is 0 Å². The van der Waals surface area contributed by atoms with E-state index < -0.39 is 8.32 Å². The highest BCUT2D eigenvalue weighted by molar-refractivity contribution is 6.74. The Morgan fingerprint density at radius 3 is 2.63 bits per heavy atom. The van der Waals surface area contributed by atoms with Gasteiger partial charge in [-0.25, -0.2) is 4.79 Å². The number of rotatable bonds is 6. The second-order valence-electron chi connectivity index (χ2n) is 6.80. The zero-order chi connectivity index (χ0) is 14.5. The molecule has 0 aliphatic carbocycles. The first kappa shape index (κ1) is 16.4.